The topological polar surface area (TPSA) is 37.4 Å². The summed E-state index contributed by atoms with van der Waals surface area (Å²) < 4.78 is 27.7. The molecular formula is C20H16ClNO2S. The fourth-order valence-electron chi connectivity index (χ4n) is 3.21. The van der Waals surface area contributed by atoms with E-state index in [1.54, 1.807) is 19.2 Å². The second-order valence-corrected chi connectivity index (χ2v) is 8.39. The average molecular weight is 370 g/mol. The molecule has 0 spiro atoms. The van der Waals surface area contributed by atoms with Gasteiger partial charge in [-0.05, 0) is 34.4 Å². The number of halogens is 1. The van der Waals surface area contributed by atoms with Crippen molar-refractivity contribution >= 4 is 27.3 Å². The first kappa shape index (κ1) is 16.2. The zero-order chi connectivity index (χ0) is 17.6. The largest absolute Gasteiger partial charge is 0.269 e. The molecule has 3 aromatic carbocycles. The molecule has 3 aromatic rings. The zero-order valence-corrected chi connectivity index (χ0v) is 15.1. The van der Waals surface area contributed by atoms with Crippen LogP contribution < -0.4 is 4.31 Å². The first-order chi connectivity index (χ1) is 12.0. The van der Waals surface area contributed by atoms with E-state index in [0.29, 0.717) is 11.3 Å². The van der Waals surface area contributed by atoms with Crippen LogP contribution in [-0.2, 0) is 10.0 Å². The Morgan fingerprint density at radius 3 is 2.28 bits per heavy atom. The molecule has 0 amide bonds. The van der Waals surface area contributed by atoms with Gasteiger partial charge in [-0.2, -0.15) is 0 Å². The number of para-hydroxylation sites is 1. The number of nitrogens with zero attached hydrogens (tertiary/aromatic N) is 1. The van der Waals surface area contributed by atoms with Gasteiger partial charge in [-0.3, -0.25) is 4.31 Å². The Balaban J connectivity index is 1.99. The van der Waals surface area contributed by atoms with E-state index in [1.807, 2.05) is 60.7 Å². The number of rotatable bonds is 1. The molecule has 0 bridgehead atoms. The van der Waals surface area contributed by atoms with E-state index < -0.39 is 15.4 Å². The SMILES string of the molecule is CN1c2ccccc2C(Cl)c2ccc(-c3ccccc3)cc2S1(=O)=O. The van der Waals surface area contributed by atoms with Gasteiger partial charge in [0.25, 0.3) is 10.0 Å². The third-order valence-electron chi connectivity index (χ3n) is 4.58. The van der Waals surface area contributed by atoms with E-state index in [4.69, 9.17) is 11.6 Å². The van der Waals surface area contributed by atoms with Crippen LogP contribution in [0.1, 0.15) is 16.5 Å². The van der Waals surface area contributed by atoms with Crippen LogP contribution in [0.4, 0.5) is 5.69 Å². The Bertz CT molecular complexity index is 1050. The summed E-state index contributed by atoms with van der Waals surface area (Å²) in [6.45, 7) is 0. The minimum atomic E-state index is -3.69. The molecule has 4 rings (SSSR count). The number of hydrogen-bond donors (Lipinski definition) is 0. The van der Waals surface area contributed by atoms with Crippen LogP contribution in [0.15, 0.2) is 77.7 Å². The number of hydrogen-bond acceptors (Lipinski definition) is 2. The molecule has 126 valence electrons. The Morgan fingerprint density at radius 2 is 1.52 bits per heavy atom. The number of benzene rings is 3. The molecule has 1 aliphatic heterocycles. The quantitative estimate of drug-likeness (QED) is 0.576. The minimum absolute atomic E-state index is 0.257. The molecule has 0 saturated heterocycles. The molecule has 25 heavy (non-hydrogen) atoms. The van der Waals surface area contributed by atoms with Crippen molar-refractivity contribution in [3.63, 3.8) is 0 Å². The van der Waals surface area contributed by atoms with Crippen molar-refractivity contribution in [2.75, 3.05) is 11.4 Å². The highest BCUT2D eigenvalue weighted by Gasteiger charge is 2.34. The van der Waals surface area contributed by atoms with E-state index in [0.717, 1.165) is 16.7 Å². The summed E-state index contributed by atoms with van der Waals surface area (Å²) in [5.74, 6) is 0. The maximum Gasteiger partial charge on any atom is 0.264 e. The van der Waals surface area contributed by atoms with Crippen molar-refractivity contribution in [2.24, 2.45) is 0 Å². The summed E-state index contributed by atoms with van der Waals surface area (Å²) in [5.41, 5.74) is 3.83. The third-order valence-corrected chi connectivity index (χ3v) is 6.88. The monoisotopic (exact) mass is 369 g/mol. The molecule has 0 aliphatic carbocycles. The predicted octanol–water partition coefficient (Wildman–Crippen LogP) is 4.82. The van der Waals surface area contributed by atoms with Crippen LogP contribution in [0.2, 0.25) is 0 Å². The van der Waals surface area contributed by atoms with Gasteiger partial charge >= 0.3 is 0 Å². The van der Waals surface area contributed by atoms with E-state index in [2.05, 4.69) is 0 Å². The lowest BCUT2D eigenvalue weighted by Gasteiger charge is -2.19. The Hall–Kier alpha value is -2.30. The lowest BCUT2D eigenvalue weighted by molar-refractivity contribution is 0.594. The molecule has 0 radical (unpaired) electrons. The zero-order valence-electron chi connectivity index (χ0n) is 13.6. The van der Waals surface area contributed by atoms with Crippen molar-refractivity contribution in [3.8, 4) is 11.1 Å². The molecule has 0 aromatic heterocycles. The van der Waals surface area contributed by atoms with E-state index in [9.17, 15) is 8.42 Å². The third kappa shape index (κ3) is 2.53. The van der Waals surface area contributed by atoms with Crippen molar-refractivity contribution in [1.29, 1.82) is 0 Å². The first-order valence-corrected chi connectivity index (χ1v) is 9.79. The van der Waals surface area contributed by atoms with Gasteiger partial charge in [-0.25, -0.2) is 8.42 Å². The van der Waals surface area contributed by atoms with E-state index >= 15 is 0 Å². The minimum Gasteiger partial charge on any atom is -0.269 e. The van der Waals surface area contributed by atoms with Gasteiger partial charge in [0.2, 0.25) is 0 Å². The Labute approximate surface area is 152 Å². The van der Waals surface area contributed by atoms with Crippen molar-refractivity contribution in [2.45, 2.75) is 10.3 Å². The number of fused-ring (bicyclic) bond motifs is 2. The fourth-order valence-corrected chi connectivity index (χ4v) is 5.13. The normalized spacial score (nSPS) is 18.2. The molecule has 1 atom stereocenters. The second kappa shape index (κ2) is 5.90. The van der Waals surface area contributed by atoms with Crippen LogP contribution in [0.5, 0.6) is 0 Å². The standard InChI is InChI=1S/C20H16ClNO2S/c1-22-18-10-6-5-9-16(18)20(21)17-12-11-15(13-19(17)25(22,23)24)14-7-3-2-4-8-14/h2-13,20H,1H3. The highest BCUT2D eigenvalue weighted by molar-refractivity contribution is 7.92. The highest BCUT2D eigenvalue weighted by atomic mass is 35.5. The van der Waals surface area contributed by atoms with Gasteiger partial charge in [0, 0.05) is 7.05 Å². The second-order valence-electron chi connectivity index (χ2n) is 6.01. The molecular weight excluding hydrogens is 354 g/mol. The summed E-state index contributed by atoms with van der Waals surface area (Å²) in [6, 6.07) is 22.5. The van der Waals surface area contributed by atoms with Crippen molar-refractivity contribution in [3.05, 3.63) is 83.9 Å². The number of sulfonamides is 1. The highest BCUT2D eigenvalue weighted by Crippen LogP contribution is 2.44. The molecule has 3 nitrogen and oxygen atoms in total. The van der Waals surface area contributed by atoms with Crippen LogP contribution >= 0.6 is 11.6 Å². The molecule has 0 fully saturated rings. The summed E-state index contributed by atoms with van der Waals surface area (Å²) in [4.78, 5) is 0.257. The van der Waals surface area contributed by atoms with Gasteiger partial charge in [0.15, 0.2) is 0 Å². The summed E-state index contributed by atoms with van der Waals surface area (Å²) in [7, 11) is -2.11. The van der Waals surface area contributed by atoms with Gasteiger partial charge in [0.05, 0.1) is 16.0 Å². The Morgan fingerprint density at radius 1 is 0.840 bits per heavy atom. The maximum atomic E-state index is 13.2. The van der Waals surface area contributed by atoms with Crippen LogP contribution in [0.3, 0.4) is 0 Å². The lowest BCUT2D eigenvalue weighted by Crippen LogP contribution is -2.26. The van der Waals surface area contributed by atoms with Crippen molar-refractivity contribution < 1.29 is 8.42 Å². The molecule has 0 N–H and O–H groups in total. The van der Waals surface area contributed by atoms with Gasteiger partial charge < -0.3 is 0 Å². The van der Waals surface area contributed by atoms with Gasteiger partial charge in [0.1, 0.15) is 0 Å². The predicted molar refractivity (Wildman–Crippen MR) is 102 cm³/mol. The molecule has 0 saturated carbocycles. The summed E-state index contributed by atoms with van der Waals surface area (Å²) >= 11 is 6.68. The lowest BCUT2D eigenvalue weighted by atomic mass is 9.99. The van der Waals surface area contributed by atoms with Crippen LogP contribution in [0, 0.1) is 0 Å². The van der Waals surface area contributed by atoms with Gasteiger partial charge in [-0.15, -0.1) is 11.6 Å². The average Bonchev–Trinajstić information content (AvgIpc) is 2.72. The first-order valence-electron chi connectivity index (χ1n) is 7.91. The maximum absolute atomic E-state index is 13.2. The van der Waals surface area contributed by atoms with Gasteiger partial charge in [-0.1, -0.05) is 60.7 Å². The van der Waals surface area contributed by atoms with Crippen LogP contribution in [-0.4, -0.2) is 15.5 Å². The molecule has 1 unspecified atom stereocenters. The van der Waals surface area contributed by atoms with E-state index in [1.165, 1.54) is 4.31 Å². The number of alkyl halides is 1. The smallest absolute Gasteiger partial charge is 0.264 e. The van der Waals surface area contributed by atoms with Crippen LogP contribution in [0.25, 0.3) is 11.1 Å². The van der Waals surface area contributed by atoms with Crippen molar-refractivity contribution in [1.82, 2.24) is 0 Å². The summed E-state index contributed by atoms with van der Waals surface area (Å²) in [6.07, 6.45) is 0. The van der Waals surface area contributed by atoms with E-state index in [-0.39, 0.29) is 4.90 Å². The fraction of sp³-hybridized carbons (Fsp3) is 0.100. The molecule has 1 aliphatic rings. The molecule has 5 heteroatoms. The number of anilines is 1. The molecule has 1 heterocycles. The Kier molecular flexibility index (Phi) is 3.82. The summed E-state index contributed by atoms with van der Waals surface area (Å²) in [5, 5.41) is -0.518.